The Hall–Kier alpha value is -0.860. The normalized spacial score (nSPS) is 29.9. The van der Waals surface area contributed by atoms with Crippen molar-refractivity contribution in [2.24, 2.45) is 0 Å². The SMILES string of the molecule is CCCC1(C)C[S+]2c3ccccc3[S+]1c1ccccc12. The van der Waals surface area contributed by atoms with Crippen LogP contribution >= 0.6 is 0 Å². The lowest BCUT2D eigenvalue weighted by molar-refractivity contribution is 0.613. The van der Waals surface area contributed by atoms with Crippen molar-refractivity contribution < 1.29 is 0 Å². The quantitative estimate of drug-likeness (QED) is 0.709. The lowest BCUT2D eigenvalue weighted by atomic mass is 10.1. The van der Waals surface area contributed by atoms with Gasteiger partial charge < -0.3 is 0 Å². The monoisotopic (exact) mass is 300 g/mol. The van der Waals surface area contributed by atoms with E-state index in [9.17, 15) is 0 Å². The molecule has 2 heteroatoms. The minimum atomic E-state index is 0.268. The van der Waals surface area contributed by atoms with E-state index in [2.05, 4.69) is 62.4 Å². The van der Waals surface area contributed by atoms with Gasteiger partial charge in [0.15, 0.2) is 10.5 Å². The van der Waals surface area contributed by atoms with E-state index in [0.29, 0.717) is 15.6 Å². The van der Waals surface area contributed by atoms with E-state index < -0.39 is 0 Å². The predicted octanol–water partition coefficient (Wildman–Crippen LogP) is 4.65. The summed E-state index contributed by atoms with van der Waals surface area (Å²) in [5, 5.41) is 0. The van der Waals surface area contributed by atoms with Crippen LogP contribution in [0.15, 0.2) is 68.1 Å². The zero-order valence-electron chi connectivity index (χ0n) is 12.1. The van der Waals surface area contributed by atoms with Gasteiger partial charge in [-0.15, -0.1) is 0 Å². The maximum absolute atomic E-state index is 2.53. The van der Waals surface area contributed by atoms with Gasteiger partial charge in [0.2, 0.25) is 19.6 Å². The van der Waals surface area contributed by atoms with Crippen molar-refractivity contribution in [2.75, 3.05) is 5.75 Å². The molecule has 2 bridgehead atoms. The second kappa shape index (κ2) is 4.57. The first-order valence-electron chi connectivity index (χ1n) is 7.38. The van der Waals surface area contributed by atoms with Crippen molar-refractivity contribution in [3.05, 3.63) is 48.5 Å². The number of benzene rings is 2. The summed E-state index contributed by atoms with van der Waals surface area (Å²) in [6.07, 6.45) is 2.64. The highest BCUT2D eigenvalue weighted by Crippen LogP contribution is 2.54. The Labute approximate surface area is 127 Å². The van der Waals surface area contributed by atoms with Crippen molar-refractivity contribution in [1.82, 2.24) is 0 Å². The molecule has 0 saturated carbocycles. The molecule has 0 fully saturated rings. The van der Waals surface area contributed by atoms with Crippen LogP contribution in [0.1, 0.15) is 26.7 Å². The average molecular weight is 300 g/mol. The third-order valence-corrected chi connectivity index (χ3v) is 10.5. The fourth-order valence-electron chi connectivity index (χ4n) is 3.64. The summed E-state index contributed by atoms with van der Waals surface area (Å²) < 4.78 is 0.473. The van der Waals surface area contributed by atoms with Gasteiger partial charge in [-0.25, -0.2) is 0 Å². The van der Waals surface area contributed by atoms with Gasteiger partial charge in [-0.3, -0.25) is 0 Å². The number of fused-ring (bicyclic) bond motifs is 1. The first-order chi connectivity index (χ1) is 9.74. The van der Waals surface area contributed by atoms with Crippen molar-refractivity contribution in [1.29, 1.82) is 0 Å². The van der Waals surface area contributed by atoms with E-state index in [1.165, 1.54) is 18.6 Å². The Morgan fingerprint density at radius 3 is 1.90 bits per heavy atom. The van der Waals surface area contributed by atoms with Crippen LogP contribution in [-0.2, 0) is 21.8 Å². The molecule has 3 heterocycles. The maximum Gasteiger partial charge on any atom is 0.216 e. The molecule has 2 aromatic carbocycles. The lowest BCUT2D eigenvalue weighted by Gasteiger charge is -2.36. The van der Waals surface area contributed by atoms with E-state index in [-0.39, 0.29) is 10.9 Å². The van der Waals surface area contributed by atoms with Gasteiger partial charge in [-0.2, -0.15) is 0 Å². The highest BCUT2D eigenvalue weighted by atomic mass is 32.2. The summed E-state index contributed by atoms with van der Waals surface area (Å²) >= 11 is 0. The summed E-state index contributed by atoms with van der Waals surface area (Å²) in [5.41, 5.74) is 0. The maximum atomic E-state index is 2.53. The molecule has 2 aromatic rings. The van der Waals surface area contributed by atoms with Crippen LogP contribution in [-0.4, -0.2) is 10.5 Å². The summed E-state index contributed by atoms with van der Waals surface area (Å²) in [7, 11) is 0.569. The van der Waals surface area contributed by atoms with E-state index in [4.69, 9.17) is 0 Å². The molecule has 3 aliphatic heterocycles. The molecular weight excluding hydrogens is 280 g/mol. The van der Waals surface area contributed by atoms with E-state index in [0.717, 1.165) is 0 Å². The molecule has 20 heavy (non-hydrogen) atoms. The first kappa shape index (κ1) is 12.8. The predicted molar refractivity (Wildman–Crippen MR) is 88.9 cm³/mol. The molecular formula is C18H20S2+2. The molecule has 1 unspecified atom stereocenters. The second-order valence-corrected chi connectivity index (χ2v) is 10.4. The number of hydrogen-bond donors (Lipinski definition) is 0. The third-order valence-electron chi connectivity index (χ3n) is 4.39. The van der Waals surface area contributed by atoms with Crippen molar-refractivity contribution >= 4 is 21.8 Å². The fourth-order valence-corrected chi connectivity index (χ4v) is 10.6. The van der Waals surface area contributed by atoms with Crippen LogP contribution in [0.25, 0.3) is 0 Å². The Bertz CT molecular complexity index is 616. The minimum absolute atomic E-state index is 0.268. The summed E-state index contributed by atoms with van der Waals surface area (Å²) in [5.74, 6) is 1.36. The third kappa shape index (κ3) is 1.64. The molecule has 0 nitrogen and oxygen atoms in total. The van der Waals surface area contributed by atoms with Crippen LogP contribution in [0.4, 0.5) is 0 Å². The van der Waals surface area contributed by atoms with Crippen molar-refractivity contribution in [3.63, 3.8) is 0 Å². The van der Waals surface area contributed by atoms with Gasteiger partial charge in [0.1, 0.15) is 0 Å². The summed E-state index contributed by atoms with van der Waals surface area (Å²) in [6.45, 7) is 4.87. The van der Waals surface area contributed by atoms with E-state index in [1.807, 2.05) is 0 Å². The first-order valence-corrected chi connectivity index (χ1v) is 10.00. The average Bonchev–Trinajstić information content (AvgIpc) is 2.47. The van der Waals surface area contributed by atoms with E-state index >= 15 is 0 Å². The molecule has 0 saturated heterocycles. The van der Waals surface area contributed by atoms with Crippen LogP contribution in [0.5, 0.6) is 0 Å². The zero-order chi connectivity index (χ0) is 13.7. The van der Waals surface area contributed by atoms with Gasteiger partial charge in [-0.1, -0.05) is 37.6 Å². The molecule has 0 spiro atoms. The Morgan fingerprint density at radius 1 is 0.900 bits per heavy atom. The Balaban J connectivity index is 1.98. The largest absolute Gasteiger partial charge is 0.216 e. The zero-order valence-corrected chi connectivity index (χ0v) is 13.7. The molecule has 0 aliphatic carbocycles. The minimum Gasteiger partial charge on any atom is -0.0652 e. The lowest BCUT2D eigenvalue weighted by Crippen LogP contribution is -2.50. The Morgan fingerprint density at radius 2 is 1.40 bits per heavy atom. The highest BCUT2D eigenvalue weighted by Gasteiger charge is 2.65. The van der Waals surface area contributed by atoms with Gasteiger partial charge in [-0.05, 0) is 31.2 Å². The fraction of sp³-hybridized carbons (Fsp3) is 0.333. The molecule has 1 atom stereocenters. The highest BCUT2D eigenvalue weighted by molar-refractivity contribution is 8.06. The van der Waals surface area contributed by atoms with Crippen molar-refractivity contribution in [2.45, 2.75) is 51.0 Å². The van der Waals surface area contributed by atoms with Crippen LogP contribution in [0.3, 0.4) is 0 Å². The molecule has 5 rings (SSSR count). The molecule has 0 N–H and O–H groups in total. The summed E-state index contributed by atoms with van der Waals surface area (Å²) in [6, 6.07) is 18.4. The topological polar surface area (TPSA) is 0 Å². The van der Waals surface area contributed by atoms with Gasteiger partial charge in [0.05, 0.1) is 21.8 Å². The van der Waals surface area contributed by atoms with Crippen LogP contribution in [0, 0.1) is 0 Å². The van der Waals surface area contributed by atoms with Crippen LogP contribution < -0.4 is 0 Å². The molecule has 102 valence electrons. The second-order valence-electron chi connectivity index (χ2n) is 5.93. The Kier molecular flexibility index (Phi) is 2.94. The molecule has 3 aliphatic rings. The number of hydrogen-bond acceptors (Lipinski definition) is 0. The smallest absolute Gasteiger partial charge is 0.0652 e. The number of rotatable bonds is 2. The molecule has 0 amide bonds. The van der Waals surface area contributed by atoms with Gasteiger partial charge in [0, 0.05) is 6.42 Å². The van der Waals surface area contributed by atoms with Gasteiger partial charge in [0.25, 0.3) is 0 Å². The standard InChI is InChI=1S/C18H20S2/c1-3-12-18(2)13-19-14-8-4-6-10-16(14)20(18)17-11-7-5-9-15(17)19/h4-11H,3,12-13H2,1-2H3/q+2. The summed E-state index contributed by atoms with van der Waals surface area (Å²) in [4.78, 5) is 6.53. The van der Waals surface area contributed by atoms with Gasteiger partial charge >= 0.3 is 0 Å². The van der Waals surface area contributed by atoms with Crippen molar-refractivity contribution in [3.8, 4) is 0 Å². The molecule has 0 aromatic heterocycles. The molecule has 0 radical (unpaired) electrons. The van der Waals surface area contributed by atoms with E-state index in [1.54, 1.807) is 19.6 Å². The van der Waals surface area contributed by atoms with Crippen LogP contribution in [0.2, 0.25) is 0 Å².